The fourth-order valence-corrected chi connectivity index (χ4v) is 5.38. The first-order chi connectivity index (χ1) is 15.3. The van der Waals surface area contributed by atoms with E-state index in [9.17, 15) is 9.18 Å². The standard InChI is InChI=1S/C23H22ClFN4OS2/c1-14-12-15(2)29(27-14)11-10-28(21(30)13-31-18-6-4-17(25)5-7-18)23-26-22-16(3)19(24)8-9-20(22)32-23/h4-9,12H,10-11,13H2,1-3H3. The molecule has 5 nitrogen and oxygen atoms in total. The summed E-state index contributed by atoms with van der Waals surface area (Å²) in [5, 5.41) is 5.80. The van der Waals surface area contributed by atoms with Crippen LogP contribution in [-0.2, 0) is 11.3 Å². The lowest BCUT2D eigenvalue weighted by Crippen LogP contribution is -2.35. The predicted octanol–water partition coefficient (Wildman–Crippen LogP) is 6.04. The summed E-state index contributed by atoms with van der Waals surface area (Å²) in [6.07, 6.45) is 0. The number of rotatable bonds is 7. The van der Waals surface area contributed by atoms with Crippen molar-refractivity contribution in [2.75, 3.05) is 17.2 Å². The minimum Gasteiger partial charge on any atom is -0.285 e. The van der Waals surface area contributed by atoms with Crippen molar-refractivity contribution in [3.63, 3.8) is 0 Å². The summed E-state index contributed by atoms with van der Waals surface area (Å²) in [6, 6.07) is 11.9. The fourth-order valence-electron chi connectivity index (χ4n) is 3.38. The zero-order chi connectivity index (χ0) is 22.8. The third kappa shape index (κ3) is 4.98. The molecule has 0 atom stereocenters. The van der Waals surface area contributed by atoms with E-state index in [-0.39, 0.29) is 17.5 Å². The molecule has 0 bridgehead atoms. The monoisotopic (exact) mass is 488 g/mol. The first-order valence-corrected chi connectivity index (χ1v) is 12.3. The van der Waals surface area contributed by atoms with Gasteiger partial charge in [-0.05, 0) is 68.8 Å². The Morgan fingerprint density at radius 3 is 2.62 bits per heavy atom. The zero-order valence-electron chi connectivity index (χ0n) is 17.9. The van der Waals surface area contributed by atoms with Crippen LogP contribution in [0.15, 0.2) is 47.4 Å². The summed E-state index contributed by atoms with van der Waals surface area (Å²) < 4.78 is 16.1. The smallest absolute Gasteiger partial charge is 0.239 e. The number of carbonyl (C=O) groups is 1. The van der Waals surface area contributed by atoms with Crippen molar-refractivity contribution < 1.29 is 9.18 Å². The number of amides is 1. The number of aryl methyl sites for hydroxylation is 3. The van der Waals surface area contributed by atoms with E-state index in [1.165, 1.54) is 35.2 Å². The first-order valence-electron chi connectivity index (χ1n) is 10.1. The van der Waals surface area contributed by atoms with Crippen LogP contribution in [-0.4, -0.2) is 33.0 Å². The maximum Gasteiger partial charge on any atom is 0.239 e. The van der Waals surface area contributed by atoms with E-state index in [0.717, 1.165) is 32.1 Å². The summed E-state index contributed by atoms with van der Waals surface area (Å²) in [5.74, 6) is -0.141. The highest BCUT2D eigenvalue weighted by Gasteiger charge is 2.21. The van der Waals surface area contributed by atoms with E-state index in [1.54, 1.807) is 17.0 Å². The van der Waals surface area contributed by atoms with Gasteiger partial charge in [-0.25, -0.2) is 9.37 Å². The van der Waals surface area contributed by atoms with E-state index in [2.05, 4.69) is 5.10 Å². The molecule has 4 rings (SSSR count). The van der Waals surface area contributed by atoms with Crippen LogP contribution < -0.4 is 4.90 Å². The molecule has 2 heterocycles. The molecule has 0 saturated carbocycles. The van der Waals surface area contributed by atoms with Crippen molar-refractivity contribution >= 4 is 56.0 Å². The molecule has 4 aromatic rings. The van der Waals surface area contributed by atoms with Gasteiger partial charge in [-0.2, -0.15) is 5.10 Å². The van der Waals surface area contributed by atoms with Gasteiger partial charge in [-0.3, -0.25) is 14.4 Å². The van der Waals surface area contributed by atoms with Crippen LogP contribution in [0.5, 0.6) is 0 Å². The van der Waals surface area contributed by atoms with Crippen molar-refractivity contribution in [1.29, 1.82) is 0 Å². The molecule has 0 aliphatic carbocycles. The number of thioether (sulfide) groups is 1. The SMILES string of the molecule is Cc1cc(C)n(CCN(C(=O)CSc2ccc(F)cc2)c2nc3c(C)c(Cl)ccc3s2)n1. The maximum atomic E-state index is 13.3. The van der Waals surface area contributed by atoms with Crippen molar-refractivity contribution in [3.05, 3.63) is 70.3 Å². The molecule has 0 saturated heterocycles. The lowest BCUT2D eigenvalue weighted by molar-refractivity contribution is -0.116. The topological polar surface area (TPSA) is 51.0 Å². The van der Waals surface area contributed by atoms with Gasteiger partial charge in [0.1, 0.15) is 5.82 Å². The van der Waals surface area contributed by atoms with E-state index >= 15 is 0 Å². The third-order valence-corrected chi connectivity index (χ3v) is 7.53. The van der Waals surface area contributed by atoms with Crippen LogP contribution in [0.2, 0.25) is 5.02 Å². The number of carbonyl (C=O) groups excluding carboxylic acids is 1. The quantitative estimate of drug-likeness (QED) is 0.298. The molecular weight excluding hydrogens is 467 g/mol. The Kier molecular flexibility index (Phi) is 6.83. The number of nitrogens with zero attached hydrogens (tertiary/aromatic N) is 4. The normalized spacial score (nSPS) is 11.3. The lowest BCUT2D eigenvalue weighted by Gasteiger charge is -2.20. The number of thiazole rings is 1. The molecule has 0 aliphatic heterocycles. The zero-order valence-corrected chi connectivity index (χ0v) is 20.3. The minimum atomic E-state index is -0.296. The molecule has 9 heteroatoms. The minimum absolute atomic E-state index is 0.0661. The Morgan fingerprint density at radius 2 is 1.94 bits per heavy atom. The summed E-state index contributed by atoms with van der Waals surface area (Å²) in [6.45, 7) is 6.88. The Morgan fingerprint density at radius 1 is 1.19 bits per heavy atom. The summed E-state index contributed by atoms with van der Waals surface area (Å²) in [5.41, 5.74) is 3.70. The van der Waals surface area contributed by atoms with Crippen molar-refractivity contribution in [1.82, 2.24) is 14.8 Å². The Labute approximate surface area is 199 Å². The van der Waals surface area contributed by atoms with Crippen molar-refractivity contribution in [2.45, 2.75) is 32.2 Å². The van der Waals surface area contributed by atoms with Crippen LogP contribution in [0.4, 0.5) is 9.52 Å². The highest BCUT2D eigenvalue weighted by molar-refractivity contribution is 8.00. The summed E-state index contributed by atoms with van der Waals surface area (Å²) in [7, 11) is 0. The molecule has 0 spiro atoms. The van der Waals surface area contributed by atoms with E-state index < -0.39 is 0 Å². The summed E-state index contributed by atoms with van der Waals surface area (Å²) >= 11 is 9.12. The number of anilines is 1. The van der Waals surface area contributed by atoms with Crippen LogP contribution in [0.25, 0.3) is 10.2 Å². The number of halogens is 2. The van der Waals surface area contributed by atoms with E-state index in [1.807, 2.05) is 43.7 Å². The van der Waals surface area contributed by atoms with Gasteiger partial charge in [0.2, 0.25) is 5.91 Å². The molecule has 32 heavy (non-hydrogen) atoms. The highest BCUT2D eigenvalue weighted by Crippen LogP contribution is 2.34. The van der Waals surface area contributed by atoms with Gasteiger partial charge in [0.15, 0.2) is 5.13 Å². The third-order valence-electron chi connectivity index (χ3n) is 5.08. The average molecular weight is 489 g/mol. The molecule has 0 fully saturated rings. The molecule has 1 amide bonds. The second-order valence-electron chi connectivity index (χ2n) is 7.45. The molecular formula is C23H22ClFN4OS2. The predicted molar refractivity (Wildman–Crippen MR) is 131 cm³/mol. The van der Waals surface area contributed by atoms with Crippen molar-refractivity contribution in [2.24, 2.45) is 0 Å². The average Bonchev–Trinajstić information content (AvgIpc) is 3.33. The molecule has 2 aromatic carbocycles. The molecule has 0 aliphatic rings. The van der Waals surface area contributed by atoms with E-state index in [4.69, 9.17) is 16.6 Å². The number of hydrogen-bond acceptors (Lipinski definition) is 5. The van der Waals surface area contributed by atoms with Gasteiger partial charge in [0.05, 0.1) is 28.2 Å². The molecule has 166 valence electrons. The van der Waals surface area contributed by atoms with Crippen LogP contribution in [0.3, 0.4) is 0 Å². The molecule has 0 radical (unpaired) electrons. The fraction of sp³-hybridized carbons (Fsp3) is 0.261. The van der Waals surface area contributed by atoms with Gasteiger partial charge in [-0.15, -0.1) is 11.8 Å². The number of fused-ring (bicyclic) bond motifs is 1. The Bertz CT molecular complexity index is 1270. The second kappa shape index (κ2) is 9.60. The van der Waals surface area contributed by atoms with Gasteiger partial charge in [0.25, 0.3) is 0 Å². The van der Waals surface area contributed by atoms with E-state index in [0.29, 0.717) is 23.2 Å². The van der Waals surface area contributed by atoms with Gasteiger partial charge in [0, 0.05) is 22.2 Å². The number of aromatic nitrogens is 3. The Hall–Kier alpha value is -2.42. The van der Waals surface area contributed by atoms with Crippen LogP contribution in [0.1, 0.15) is 17.0 Å². The van der Waals surface area contributed by atoms with Crippen LogP contribution >= 0.6 is 34.7 Å². The van der Waals surface area contributed by atoms with Gasteiger partial charge >= 0.3 is 0 Å². The first kappa shape index (κ1) is 22.8. The van der Waals surface area contributed by atoms with Gasteiger partial charge < -0.3 is 0 Å². The molecule has 2 aromatic heterocycles. The lowest BCUT2D eigenvalue weighted by atomic mass is 10.2. The number of benzene rings is 2. The summed E-state index contributed by atoms with van der Waals surface area (Å²) in [4.78, 5) is 20.6. The number of hydrogen-bond donors (Lipinski definition) is 0. The largest absolute Gasteiger partial charge is 0.285 e. The van der Waals surface area contributed by atoms with Gasteiger partial charge in [-0.1, -0.05) is 22.9 Å². The maximum absolute atomic E-state index is 13.3. The molecule has 0 N–H and O–H groups in total. The Balaban J connectivity index is 1.59. The van der Waals surface area contributed by atoms with Crippen LogP contribution in [0, 0.1) is 26.6 Å². The van der Waals surface area contributed by atoms with Crippen molar-refractivity contribution in [3.8, 4) is 0 Å². The molecule has 0 unspecified atom stereocenters. The second-order valence-corrected chi connectivity index (χ2v) is 9.92. The highest BCUT2D eigenvalue weighted by atomic mass is 35.5.